The van der Waals surface area contributed by atoms with Gasteiger partial charge in [0, 0.05) is 22.5 Å². The van der Waals surface area contributed by atoms with Gasteiger partial charge in [0.15, 0.2) is 11.5 Å². The van der Waals surface area contributed by atoms with Crippen molar-refractivity contribution in [2.75, 3.05) is 14.2 Å². The minimum Gasteiger partial charge on any atom is -0.493 e. The average Bonchev–Trinajstić information content (AvgIpc) is 2.61. The van der Waals surface area contributed by atoms with E-state index in [2.05, 4.69) is 4.98 Å². The number of pyridine rings is 1. The van der Waals surface area contributed by atoms with E-state index in [-0.39, 0.29) is 0 Å². The molecule has 1 aromatic heterocycles. The highest BCUT2D eigenvalue weighted by Crippen LogP contribution is 2.36. The molecule has 118 valence electrons. The van der Waals surface area contributed by atoms with Gasteiger partial charge < -0.3 is 14.2 Å². The van der Waals surface area contributed by atoms with Crippen LogP contribution in [0.5, 0.6) is 23.0 Å². The number of ether oxygens (including phenoxy) is 3. The first-order valence-electron chi connectivity index (χ1n) is 6.90. The molecule has 0 atom stereocenters. The van der Waals surface area contributed by atoms with Gasteiger partial charge in [-0.1, -0.05) is 0 Å². The Bertz CT molecular complexity index is 822. The molecule has 0 unspecified atom stereocenters. The molecule has 0 fully saturated rings. The van der Waals surface area contributed by atoms with Gasteiger partial charge in [0.1, 0.15) is 11.5 Å². The summed E-state index contributed by atoms with van der Waals surface area (Å²) in [5, 5.41) is 6.38. The number of rotatable bonds is 5. The number of benzene rings is 2. The van der Waals surface area contributed by atoms with Gasteiger partial charge in [-0.2, -0.15) is 0 Å². The molecule has 3 aromatic rings. The molecule has 0 saturated carbocycles. The lowest BCUT2D eigenvalue weighted by Gasteiger charge is -2.12. The van der Waals surface area contributed by atoms with E-state index in [4.69, 9.17) is 19.3 Å². The summed E-state index contributed by atoms with van der Waals surface area (Å²) in [5.74, 6) is 2.69. The topological polar surface area (TPSA) is 66.6 Å². The Balaban J connectivity index is 2.02. The van der Waals surface area contributed by atoms with Crippen LogP contribution in [0.15, 0.2) is 53.6 Å². The average molecular weight is 328 g/mol. The SMILES string of the molecule is COc1cc2nccc(Oc3ccc(SN)cc3)c2cc1OC. The second-order valence-electron chi connectivity index (χ2n) is 4.72. The van der Waals surface area contributed by atoms with Gasteiger partial charge in [-0.15, -0.1) is 0 Å². The Morgan fingerprint density at radius 3 is 2.26 bits per heavy atom. The first kappa shape index (κ1) is 15.5. The van der Waals surface area contributed by atoms with Crippen molar-refractivity contribution in [2.45, 2.75) is 4.90 Å². The maximum Gasteiger partial charge on any atom is 0.162 e. The fraction of sp³-hybridized carbons (Fsp3) is 0.118. The summed E-state index contributed by atoms with van der Waals surface area (Å²) in [6.07, 6.45) is 1.70. The summed E-state index contributed by atoms with van der Waals surface area (Å²) >= 11 is 1.20. The zero-order valence-electron chi connectivity index (χ0n) is 12.8. The summed E-state index contributed by atoms with van der Waals surface area (Å²) in [7, 11) is 3.20. The highest BCUT2D eigenvalue weighted by molar-refractivity contribution is 7.97. The standard InChI is InChI=1S/C17H16N2O3S/c1-20-16-9-13-14(10-17(16)21-2)19-8-7-15(13)22-11-3-5-12(23-18)6-4-11/h3-10H,18H2,1-2H3. The fourth-order valence-electron chi connectivity index (χ4n) is 2.25. The zero-order chi connectivity index (χ0) is 16.2. The molecule has 0 bridgehead atoms. The van der Waals surface area contributed by atoms with E-state index in [9.17, 15) is 0 Å². The number of hydrogen-bond acceptors (Lipinski definition) is 6. The monoisotopic (exact) mass is 328 g/mol. The molecule has 23 heavy (non-hydrogen) atoms. The van der Waals surface area contributed by atoms with E-state index in [1.165, 1.54) is 11.9 Å². The van der Waals surface area contributed by atoms with Gasteiger partial charge >= 0.3 is 0 Å². The van der Waals surface area contributed by atoms with E-state index >= 15 is 0 Å². The van der Waals surface area contributed by atoms with E-state index in [0.29, 0.717) is 17.2 Å². The van der Waals surface area contributed by atoms with Crippen LogP contribution in [-0.2, 0) is 0 Å². The van der Waals surface area contributed by atoms with Crippen molar-refractivity contribution in [1.29, 1.82) is 0 Å². The van der Waals surface area contributed by atoms with Crippen LogP contribution >= 0.6 is 11.9 Å². The van der Waals surface area contributed by atoms with Crippen LogP contribution in [0.1, 0.15) is 0 Å². The van der Waals surface area contributed by atoms with Gasteiger partial charge in [-0.25, -0.2) is 0 Å². The third-order valence-electron chi connectivity index (χ3n) is 3.39. The number of aromatic nitrogens is 1. The molecule has 3 rings (SSSR count). The van der Waals surface area contributed by atoms with E-state index in [0.717, 1.165) is 21.5 Å². The Labute approximate surface area is 138 Å². The van der Waals surface area contributed by atoms with E-state index in [1.54, 1.807) is 20.4 Å². The van der Waals surface area contributed by atoms with Crippen molar-refractivity contribution in [1.82, 2.24) is 4.98 Å². The molecular weight excluding hydrogens is 312 g/mol. The predicted molar refractivity (Wildman–Crippen MR) is 91.4 cm³/mol. The van der Waals surface area contributed by atoms with Gasteiger partial charge in [0.25, 0.3) is 0 Å². The predicted octanol–water partition coefficient (Wildman–Crippen LogP) is 4.01. The maximum absolute atomic E-state index is 5.98. The smallest absolute Gasteiger partial charge is 0.162 e. The zero-order valence-corrected chi connectivity index (χ0v) is 13.6. The summed E-state index contributed by atoms with van der Waals surface area (Å²) in [6, 6.07) is 13.1. The molecule has 2 N–H and O–H groups in total. The van der Waals surface area contributed by atoms with Crippen LogP contribution < -0.4 is 19.3 Å². The summed E-state index contributed by atoms with van der Waals surface area (Å²) in [4.78, 5) is 5.33. The highest BCUT2D eigenvalue weighted by Gasteiger charge is 2.11. The largest absolute Gasteiger partial charge is 0.493 e. The lowest BCUT2D eigenvalue weighted by molar-refractivity contribution is 0.355. The molecule has 6 heteroatoms. The van der Waals surface area contributed by atoms with Crippen molar-refractivity contribution in [3.63, 3.8) is 0 Å². The van der Waals surface area contributed by atoms with Gasteiger partial charge in [0.2, 0.25) is 0 Å². The van der Waals surface area contributed by atoms with Crippen LogP contribution in [0.2, 0.25) is 0 Å². The molecule has 0 aliphatic carbocycles. The Hall–Kier alpha value is -2.44. The molecule has 0 spiro atoms. The summed E-state index contributed by atoms with van der Waals surface area (Å²) in [6.45, 7) is 0. The van der Waals surface area contributed by atoms with Crippen LogP contribution in [-0.4, -0.2) is 19.2 Å². The van der Waals surface area contributed by atoms with Crippen LogP contribution in [0.3, 0.4) is 0 Å². The third-order valence-corrected chi connectivity index (χ3v) is 3.94. The van der Waals surface area contributed by atoms with Crippen molar-refractivity contribution >= 4 is 22.9 Å². The highest BCUT2D eigenvalue weighted by atomic mass is 32.2. The number of hydrogen-bond donors (Lipinski definition) is 1. The first-order chi connectivity index (χ1) is 11.2. The van der Waals surface area contributed by atoms with E-state index < -0.39 is 0 Å². The first-order valence-corrected chi connectivity index (χ1v) is 7.78. The summed E-state index contributed by atoms with van der Waals surface area (Å²) < 4.78 is 16.6. The molecule has 0 saturated heterocycles. The number of nitrogens with zero attached hydrogens (tertiary/aromatic N) is 1. The van der Waals surface area contributed by atoms with Crippen molar-refractivity contribution < 1.29 is 14.2 Å². The Morgan fingerprint density at radius 1 is 0.913 bits per heavy atom. The van der Waals surface area contributed by atoms with Gasteiger partial charge in [-0.05, 0) is 48.3 Å². The van der Waals surface area contributed by atoms with Gasteiger partial charge in [-0.3, -0.25) is 10.1 Å². The minimum atomic E-state index is 0.632. The molecule has 5 nitrogen and oxygen atoms in total. The molecule has 2 aromatic carbocycles. The molecule has 0 aliphatic rings. The van der Waals surface area contributed by atoms with E-state index in [1.807, 2.05) is 42.5 Å². The number of methoxy groups -OCH3 is 2. The fourth-order valence-corrected chi connectivity index (χ4v) is 2.54. The second kappa shape index (κ2) is 6.76. The molecule has 0 aliphatic heterocycles. The second-order valence-corrected chi connectivity index (χ2v) is 5.43. The van der Waals surface area contributed by atoms with Crippen molar-refractivity contribution in [3.8, 4) is 23.0 Å². The molecular formula is C17H16N2O3S. The van der Waals surface area contributed by atoms with Gasteiger partial charge in [0.05, 0.1) is 19.7 Å². The lowest BCUT2D eigenvalue weighted by atomic mass is 10.2. The normalized spacial score (nSPS) is 10.6. The van der Waals surface area contributed by atoms with Crippen molar-refractivity contribution in [2.24, 2.45) is 5.14 Å². The molecule has 1 heterocycles. The number of nitrogens with two attached hydrogens (primary N) is 1. The van der Waals surface area contributed by atoms with Crippen LogP contribution in [0.4, 0.5) is 0 Å². The van der Waals surface area contributed by atoms with Crippen LogP contribution in [0.25, 0.3) is 10.9 Å². The Kier molecular flexibility index (Phi) is 4.55. The number of fused-ring (bicyclic) bond motifs is 1. The Morgan fingerprint density at radius 2 is 1.61 bits per heavy atom. The lowest BCUT2D eigenvalue weighted by Crippen LogP contribution is -1.93. The maximum atomic E-state index is 5.98. The third kappa shape index (κ3) is 3.18. The van der Waals surface area contributed by atoms with Crippen LogP contribution in [0, 0.1) is 0 Å². The minimum absolute atomic E-state index is 0.632. The molecule has 0 radical (unpaired) electrons. The summed E-state index contributed by atoms with van der Waals surface area (Å²) in [5.41, 5.74) is 0.772. The quantitative estimate of drug-likeness (QED) is 0.714. The van der Waals surface area contributed by atoms with Crippen molar-refractivity contribution in [3.05, 3.63) is 48.7 Å². The molecule has 0 amide bonds.